The van der Waals surface area contributed by atoms with Gasteiger partial charge in [0.25, 0.3) is 0 Å². The molecule has 0 spiro atoms. The van der Waals surface area contributed by atoms with E-state index in [4.69, 9.17) is 0 Å². The van der Waals surface area contributed by atoms with Crippen LogP contribution >= 0.6 is 12.4 Å². The van der Waals surface area contributed by atoms with Gasteiger partial charge in [0, 0.05) is 0 Å². The van der Waals surface area contributed by atoms with Crippen LogP contribution in [0.1, 0.15) is 155 Å². The smallest absolute Gasteiger partial charge is 0.00218 e. The van der Waals surface area contributed by atoms with Gasteiger partial charge in [0.1, 0.15) is 0 Å². The predicted molar refractivity (Wildman–Crippen MR) is 138 cm³/mol. The molecule has 0 fully saturated rings. The van der Waals surface area contributed by atoms with Crippen LogP contribution in [0.5, 0.6) is 0 Å². The quantitative estimate of drug-likeness (QED) is 0.137. The van der Waals surface area contributed by atoms with Crippen molar-refractivity contribution in [1.82, 2.24) is 4.90 Å². The van der Waals surface area contributed by atoms with E-state index >= 15 is 0 Å². The minimum absolute atomic E-state index is 0. The molecular weight excluding hydrogens is 374 g/mol. The molecular formula is C27H58ClN. The third kappa shape index (κ3) is 28.2. The Hall–Kier alpha value is 0.250. The molecule has 0 atom stereocenters. The van der Waals surface area contributed by atoms with E-state index in [1.54, 1.807) is 0 Å². The number of unbranched alkanes of at least 4 members (excludes halogenated alkanes) is 20. The molecule has 0 rings (SSSR count). The van der Waals surface area contributed by atoms with Crippen LogP contribution in [-0.4, -0.2) is 25.0 Å². The molecule has 0 N–H and O–H groups in total. The second-order valence-corrected chi connectivity index (χ2v) is 9.37. The number of rotatable bonds is 24. The van der Waals surface area contributed by atoms with Crippen LogP contribution in [-0.2, 0) is 0 Å². The molecule has 0 unspecified atom stereocenters. The van der Waals surface area contributed by atoms with Crippen molar-refractivity contribution in [2.24, 2.45) is 0 Å². The summed E-state index contributed by atoms with van der Waals surface area (Å²) in [5.41, 5.74) is 0. The van der Waals surface area contributed by atoms with Gasteiger partial charge in [-0.25, -0.2) is 0 Å². The summed E-state index contributed by atoms with van der Waals surface area (Å²) >= 11 is 0. The van der Waals surface area contributed by atoms with E-state index in [2.05, 4.69) is 25.8 Å². The largest absolute Gasteiger partial charge is 0.306 e. The summed E-state index contributed by atoms with van der Waals surface area (Å²) < 4.78 is 0. The molecule has 0 aliphatic rings. The SMILES string of the molecule is CCCCCCCCCCCCCCCCCCCCCCN(C)CCCC.Cl. The zero-order valence-corrected chi connectivity index (χ0v) is 21.6. The number of hydrogen-bond donors (Lipinski definition) is 0. The van der Waals surface area contributed by atoms with E-state index in [-0.39, 0.29) is 12.4 Å². The Labute approximate surface area is 192 Å². The lowest BCUT2D eigenvalue weighted by Gasteiger charge is -2.15. The maximum atomic E-state index is 2.51. The van der Waals surface area contributed by atoms with Gasteiger partial charge in [-0.05, 0) is 33.0 Å². The highest BCUT2D eigenvalue weighted by Crippen LogP contribution is 2.14. The summed E-state index contributed by atoms with van der Waals surface area (Å²) in [5.74, 6) is 0. The van der Waals surface area contributed by atoms with Crippen molar-refractivity contribution >= 4 is 12.4 Å². The molecule has 0 aliphatic carbocycles. The standard InChI is InChI=1S/C27H57N.ClH/c1-4-6-8-9-10-11-12-13-14-15-16-17-18-19-20-21-22-23-24-25-27-28(3)26-7-5-2;/h4-27H2,1-3H3;1H. The third-order valence-electron chi connectivity index (χ3n) is 6.29. The fourth-order valence-corrected chi connectivity index (χ4v) is 4.18. The van der Waals surface area contributed by atoms with Crippen molar-refractivity contribution < 1.29 is 0 Å². The third-order valence-corrected chi connectivity index (χ3v) is 6.29. The molecule has 29 heavy (non-hydrogen) atoms. The molecule has 2 heteroatoms. The molecule has 0 saturated heterocycles. The monoisotopic (exact) mass is 431 g/mol. The highest BCUT2D eigenvalue weighted by molar-refractivity contribution is 5.85. The van der Waals surface area contributed by atoms with Crippen LogP contribution in [0, 0.1) is 0 Å². The first kappa shape index (κ1) is 31.4. The van der Waals surface area contributed by atoms with E-state index in [1.165, 1.54) is 154 Å². The Balaban J connectivity index is 0. The van der Waals surface area contributed by atoms with Crippen LogP contribution in [0.25, 0.3) is 0 Å². The van der Waals surface area contributed by atoms with Crippen molar-refractivity contribution in [3.8, 4) is 0 Å². The molecule has 178 valence electrons. The van der Waals surface area contributed by atoms with Crippen molar-refractivity contribution in [1.29, 1.82) is 0 Å². The van der Waals surface area contributed by atoms with Gasteiger partial charge in [-0.1, -0.05) is 142 Å². The van der Waals surface area contributed by atoms with Gasteiger partial charge in [0.2, 0.25) is 0 Å². The Bertz CT molecular complexity index is 269. The fraction of sp³-hybridized carbons (Fsp3) is 1.00. The molecule has 0 aliphatic heterocycles. The predicted octanol–water partition coefficient (Wildman–Crippen LogP) is 9.96. The zero-order valence-electron chi connectivity index (χ0n) is 20.8. The van der Waals surface area contributed by atoms with Gasteiger partial charge < -0.3 is 4.90 Å². The summed E-state index contributed by atoms with van der Waals surface area (Å²) in [7, 11) is 2.28. The summed E-state index contributed by atoms with van der Waals surface area (Å²) in [5, 5.41) is 0. The van der Waals surface area contributed by atoms with Gasteiger partial charge in [0.15, 0.2) is 0 Å². The number of halogens is 1. The molecule has 0 bridgehead atoms. The second-order valence-electron chi connectivity index (χ2n) is 9.37. The second kappa shape index (κ2) is 28.2. The van der Waals surface area contributed by atoms with Crippen LogP contribution < -0.4 is 0 Å². The van der Waals surface area contributed by atoms with Crippen molar-refractivity contribution in [3.63, 3.8) is 0 Å². The fourth-order valence-electron chi connectivity index (χ4n) is 4.18. The van der Waals surface area contributed by atoms with Crippen LogP contribution in [0.3, 0.4) is 0 Å². The maximum Gasteiger partial charge on any atom is -0.00218 e. The van der Waals surface area contributed by atoms with E-state index in [0.29, 0.717) is 0 Å². The first-order valence-corrected chi connectivity index (χ1v) is 13.5. The van der Waals surface area contributed by atoms with Gasteiger partial charge >= 0.3 is 0 Å². The highest BCUT2D eigenvalue weighted by atomic mass is 35.5. The Morgan fingerprint density at radius 3 is 0.897 bits per heavy atom. The van der Waals surface area contributed by atoms with Gasteiger partial charge in [0.05, 0.1) is 0 Å². The molecule has 0 aromatic heterocycles. The summed E-state index contributed by atoms with van der Waals surface area (Å²) in [6.45, 7) is 7.18. The van der Waals surface area contributed by atoms with Crippen molar-refractivity contribution in [2.75, 3.05) is 20.1 Å². The lowest BCUT2D eigenvalue weighted by atomic mass is 10.0. The first-order chi connectivity index (χ1) is 13.8. The molecule has 0 amide bonds. The van der Waals surface area contributed by atoms with E-state index in [9.17, 15) is 0 Å². The topological polar surface area (TPSA) is 3.24 Å². The molecule has 0 radical (unpaired) electrons. The van der Waals surface area contributed by atoms with E-state index in [0.717, 1.165) is 0 Å². The lowest BCUT2D eigenvalue weighted by molar-refractivity contribution is 0.318. The van der Waals surface area contributed by atoms with Gasteiger partial charge in [-0.15, -0.1) is 12.4 Å². The van der Waals surface area contributed by atoms with Gasteiger partial charge in [-0.3, -0.25) is 0 Å². The summed E-state index contributed by atoms with van der Waals surface area (Å²) in [6, 6.07) is 0. The molecule has 0 aromatic carbocycles. The van der Waals surface area contributed by atoms with Crippen molar-refractivity contribution in [3.05, 3.63) is 0 Å². The maximum absolute atomic E-state index is 2.51. The van der Waals surface area contributed by atoms with Crippen LogP contribution in [0.15, 0.2) is 0 Å². The van der Waals surface area contributed by atoms with Crippen LogP contribution in [0.4, 0.5) is 0 Å². The number of nitrogens with zero attached hydrogens (tertiary/aromatic N) is 1. The minimum Gasteiger partial charge on any atom is -0.306 e. The van der Waals surface area contributed by atoms with Crippen LogP contribution in [0.2, 0.25) is 0 Å². The average Bonchev–Trinajstić information content (AvgIpc) is 2.70. The molecule has 0 aromatic rings. The Morgan fingerprint density at radius 1 is 0.345 bits per heavy atom. The van der Waals surface area contributed by atoms with Gasteiger partial charge in [-0.2, -0.15) is 0 Å². The minimum atomic E-state index is 0. The summed E-state index contributed by atoms with van der Waals surface area (Å²) in [4.78, 5) is 2.51. The first-order valence-electron chi connectivity index (χ1n) is 13.5. The molecule has 0 saturated carbocycles. The summed E-state index contributed by atoms with van der Waals surface area (Å²) in [6.07, 6.45) is 32.0. The molecule has 1 nitrogen and oxygen atoms in total. The lowest BCUT2D eigenvalue weighted by Crippen LogP contribution is -2.20. The van der Waals surface area contributed by atoms with Crippen molar-refractivity contribution in [2.45, 2.75) is 155 Å². The number of hydrogen-bond acceptors (Lipinski definition) is 1. The normalized spacial score (nSPS) is 11.2. The Kier molecular flexibility index (Phi) is 30.6. The highest BCUT2D eigenvalue weighted by Gasteiger charge is 1.98. The Morgan fingerprint density at radius 2 is 0.586 bits per heavy atom. The van der Waals surface area contributed by atoms with E-state index < -0.39 is 0 Å². The van der Waals surface area contributed by atoms with E-state index in [1.807, 2.05) is 0 Å². The average molecular weight is 432 g/mol. The molecule has 0 heterocycles. The zero-order chi connectivity index (χ0) is 20.5.